The van der Waals surface area contributed by atoms with Crippen molar-refractivity contribution in [2.45, 2.75) is 62.9 Å². The normalized spacial score (nSPS) is 22.4. The summed E-state index contributed by atoms with van der Waals surface area (Å²) in [5.41, 5.74) is -0.890. The van der Waals surface area contributed by atoms with E-state index < -0.39 is 72.3 Å². The fourth-order valence-electron chi connectivity index (χ4n) is 3.79. The average Bonchev–Trinajstić information content (AvgIpc) is 2.97. The van der Waals surface area contributed by atoms with Crippen LogP contribution in [0.1, 0.15) is 31.8 Å². The second-order valence-corrected chi connectivity index (χ2v) is 9.12. The molecule has 1 heterocycles. The number of rotatable bonds is 18. The lowest BCUT2D eigenvalue weighted by Gasteiger charge is -2.38. The Balaban J connectivity index is 2.03. The Morgan fingerprint density at radius 3 is 2.35 bits per heavy atom. The van der Waals surface area contributed by atoms with Crippen molar-refractivity contribution in [2.24, 2.45) is 0 Å². The first-order valence-electron chi connectivity index (χ1n) is 13.3. The number of terminal acetylenes is 1. The second-order valence-electron chi connectivity index (χ2n) is 9.12. The Hall–Kier alpha value is -3.43. The van der Waals surface area contributed by atoms with Crippen LogP contribution in [-0.4, -0.2) is 115 Å². The third-order valence-electron chi connectivity index (χ3n) is 5.98. The van der Waals surface area contributed by atoms with Crippen LogP contribution < -0.4 is 15.4 Å². The van der Waals surface area contributed by atoms with Crippen molar-refractivity contribution in [3.8, 4) is 18.1 Å². The summed E-state index contributed by atoms with van der Waals surface area (Å²) in [6, 6.07) is 1.90. The summed E-state index contributed by atoms with van der Waals surface area (Å²) in [7, 11) is 0. The van der Waals surface area contributed by atoms with Crippen LogP contribution in [0.3, 0.4) is 0 Å². The van der Waals surface area contributed by atoms with Crippen molar-refractivity contribution < 1.29 is 67.3 Å². The van der Waals surface area contributed by atoms with E-state index in [1.165, 1.54) is 6.07 Å². The van der Waals surface area contributed by atoms with Gasteiger partial charge in [0.05, 0.1) is 32.0 Å². The lowest BCUT2D eigenvalue weighted by Crippen LogP contribution is -2.61. The van der Waals surface area contributed by atoms with Crippen LogP contribution in [0.4, 0.5) is 14.5 Å². The van der Waals surface area contributed by atoms with Crippen molar-refractivity contribution >= 4 is 23.5 Å². The van der Waals surface area contributed by atoms with Crippen molar-refractivity contribution in [3.05, 3.63) is 23.8 Å². The van der Waals surface area contributed by atoms with E-state index in [2.05, 4.69) is 16.6 Å². The highest BCUT2D eigenvalue weighted by Crippen LogP contribution is 2.34. The van der Waals surface area contributed by atoms with Gasteiger partial charge in [0.15, 0.2) is 6.10 Å². The number of carbonyl (C=O) groups excluding carboxylic acids is 2. The highest BCUT2D eigenvalue weighted by molar-refractivity contribution is 5.97. The first-order valence-corrected chi connectivity index (χ1v) is 13.3. The molecule has 0 aromatic heterocycles. The molecule has 1 aliphatic heterocycles. The Kier molecular flexibility index (Phi) is 15.2. The zero-order valence-electron chi connectivity index (χ0n) is 23.3. The Labute approximate surface area is 246 Å². The Morgan fingerprint density at radius 2 is 1.72 bits per heavy atom. The molecule has 6 unspecified atom stereocenters. The van der Waals surface area contributed by atoms with E-state index in [-0.39, 0.29) is 38.3 Å². The topological polar surface area (TPSA) is 202 Å². The molecule has 2 rings (SSSR count). The lowest BCUT2D eigenvalue weighted by atomic mass is 9.99. The maximum absolute atomic E-state index is 13.9. The van der Waals surface area contributed by atoms with Gasteiger partial charge in [-0.3, -0.25) is 9.59 Å². The predicted octanol–water partition coefficient (Wildman–Crippen LogP) is -0.198. The number of alkyl halides is 2. The first-order chi connectivity index (χ1) is 20.5. The predicted molar refractivity (Wildman–Crippen MR) is 143 cm³/mol. The molecule has 6 N–H and O–H groups in total. The molecule has 0 saturated carbocycles. The van der Waals surface area contributed by atoms with E-state index in [0.29, 0.717) is 19.8 Å². The number of hydrogen-bond acceptors (Lipinski definition) is 11. The van der Waals surface area contributed by atoms with E-state index in [9.17, 15) is 38.5 Å². The molecule has 6 atom stereocenters. The van der Waals surface area contributed by atoms with Gasteiger partial charge in [0, 0.05) is 18.7 Å². The number of anilines is 1. The summed E-state index contributed by atoms with van der Waals surface area (Å²) in [4.78, 5) is 36.5. The van der Waals surface area contributed by atoms with Crippen molar-refractivity contribution in [1.29, 1.82) is 0 Å². The molecule has 0 spiro atoms. The van der Waals surface area contributed by atoms with Crippen LogP contribution in [0.15, 0.2) is 18.2 Å². The van der Waals surface area contributed by atoms with Crippen molar-refractivity contribution in [3.63, 3.8) is 0 Å². The van der Waals surface area contributed by atoms with E-state index in [4.69, 9.17) is 35.2 Å². The number of amides is 2. The van der Waals surface area contributed by atoms with Gasteiger partial charge in [-0.25, -0.2) is 13.6 Å². The third kappa shape index (κ3) is 11.3. The summed E-state index contributed by atoms with van der Waals surface area (Å²) in [5.74, 6) is -1.27. The maximum atomic E-state index is 13.9. The largest absolute Gasteiger partial charge is 0.479 e. The summed E-state index contributed by atoms with van der Waals surface area (Å²) >= 11 is 0. The molecular formula is C27H36F2N2O12. The summed E-state index contributed by atoms with van der Waals surface area (Å²) < 4.78 is 53.6. The zero-order valence-corrected chi connectivity index (χ0v) is 23.3. The molecule has 1 saturated heterocycles. The van der Waals surface area contributed by atoms with Crippen LogP contribution in [-0.2, 0) is 33.3 Å². The molecule has 43 heavy (non-hydrogen) atoms. The van der Waals surface area contributed by atoms with E-state index >= 15 is 0 Å². The fourth-order valence-corrected chi connectivity index (χ4v) is 3.79. The fraction of sp³-hybridized carbons (Fsp3) is 0.593. The Bertz CT molecular complexity index is 1100. The minimum atomic E-state index is -3.17. The monoisotopic (exact) mass is 618 g/mol. The maximum Gasteiger partial charge on any atom is 0.335 e. The highest BCUT2D eigenvalue weighted by atomic mass is 19.3. The number of nitrogens with one attached hydrogen (secondary N) is 2. The number of hydrogen-bond donors (Lipinski definition) is 6. The van der Waals surface area contributed by atoms with Gasteiger partial charge in [-0.15, -0.1) is 12.3 Å². The number of carbonyl (C=O) groups is 3. The van der Waals surface area contributed by atoms with Gasteiger partial charge in [-0.2, -0.15) is 0 Å². The van der Waals surface area contributed by atoms with Crippen LogP contribution >= 0.6 is 0 Å². The van der Waals surface area contributed by atoms with E-state index in [1.807, 2.05) is 6.92 Å². The molecule has 0 bridgehead atoms. The molecule has 16 heteroatoms. The average molecular weight is 619 g/mol. The smallest absolute Gasteiger partial charge is 0.335 e. The van der Waals surface area contributed by atoms with Gasteiger partial charge < -0.3 is 54.7 Å². The van der Waals surface area contributed by atoms with Gasteiger partial charge in [0.25, 0.3) is 6.43 Å². The first kappa shape index (κ1) is 35.8. The molecule has 1 aromatic rings. The van der Waals surface area contributed by atoms with Crippen LogP contribution in [0.5, 0.6) is 5.75 Å². The molecule has 2 amide bonds. The number of aliphatic hydroxyl groups is 3. The van der Waals surface area contributed by atoms with Crippen LogP contribution in [0.2, 0.25) is 0 Å². The minimum absolute atomic E-state index is 0.0351. The number of carboxylic acid groups (broad SMARTS) is 1. The molecule has 0 radical (unpaired) electrons. The summed E-state index contributed by atoms with van der Waals surface area (Å²) in [6.45, 7) is 3.18. The van der Waals surface area contributed by atoms with Crippen LogP contribution in [0, 0.1) is 12.3 Å². The lowest BCUT2D eigenvalue weighted by molar-refractivity contribution is -0.271. The van der Waals surface area contributed by atoms with Gasteiger partial charge >= 0.3 is 5.97 Å². The summed E-state index contributed by atoms with van der Waals surface area (Å²) in [5, 5.41) is 43.9. The number of ether oxygens (including phenoxy) is 5. The quantitative estimate of drug-likeness (QED) is 0.0936. The third-order valence-corrected chi connectivity index (χ3v) is 5.98. The summed E-state index contributed by atoms with van der Waals surface area (Å²) in [6.07, 6.45) is -7.65. The highest BCUT2D eigenvalue weighted by Gasteiger charge is 2.48. The number of benzene rings is 1. The molecule has 0 aliphatic carbocycles. The van der Waals surface area contributed by atoms with Gasteiger partial charge in [-0.05, 0) is 31.5 Å². The molecule has 240 valence electrons. The van der Waals surface area contributed by atoms with Crippen molar-refractivity contribution in [1.82, 2.24) is 5.32 Å². The minimum Gasteiger partial charge on any atom is -0.479 e. The van der Waals surface area contributed by atoms with E-state index in [0.717, 1.165) is 12.1 Å². The zero-order chi connectivity index (χ0) is 31.9. The van der Waals surface area contributed by atoms with Gasteiger partial charge in [0.1, 0.15) is 36.7 Å². The molecular weight excluding hydrogens is 582 g/mol. The standard InChI is InChI=1S/C27H36F2N2O12/c1-3-5-6-17(31-19(32)14-41-12-11-40-10-9-39-4-2)25(36)30-15-7-8-18(16(13-15)24(28)29)42-27-22(35)20(33)21(34)23(43-27)26(37)38/h1,7-8,13,17,20-24,27,33-35H,4-6,9-12,14H2,2H3,(H,30,36)(H,31,32)(H,37,38). The molecule has 14 nitrogen and oxygen atoms in total. The molecule has 1 fully saturated rings. The van der Waals surface area contributed by atoms with Gasteiger partial charge in [-0.1, -0.05) is 0 Å². The Morgan fingerprint density at radius 1 is 1.05 bits per heavy atom. The number of aliphatic carboxylic acids is 1. The second kappa shape index (κ2) is 18.3. The number of carboxylic acids is 1. The number of aliphatic hydroxyl groups excluding tert-OH is 3. The SMILES string of the molecule is C#CCCC(NC(=O)COCCOCCOCC)C(=O)Nc1ccc(OC2OC(C(=O)O)C(O)C(O)C2O)c(C(F)F)c1. The molecule has 1 aliphatic rings. The van der Waals surface area contributed by atoms with E-state index in [1.54, 1.807) is 0 Å². The number of halogens is 2. The molecule has 1 aromatic carbocycles. The van der Waals surface area contributed by atoms with Gasteiger partial charge in [0.2, 0.25) is 18.1 Å². The van der Waals surface area contributed by atoms with Crippen LogP contribution in [0.25, 0.3) is 0 Å². The van der Waals surface area contributed by atoms with Crippen molar-refractivity contribution in [2.75, 3.05) is 45.0 Å².